The second kappa shape index (κ2) is 18.1. The molecule has 0 radical (unpaired) electrons. The Labute approximate surface area is 397 Å². The normalized spacial score (nSPS) is 56.4. The number of carbonyl (C=O) groups is 1. The molecule has 5 aliphatic carbocycles. The van der Waals surface area contributed by atoms with Crippen LogP contribution in [-0.4, -0.2) is 205 Å². The maximum atomic E-state index is 13.8. The van der Waals surface area contributed by atoms with Crippen molar-refractivity contribution in [2.75, 3.05) is 26.9 Å². The van der Waals surface area contributed by atoms with Crippen LogP contribution in [0.5, 0.6) is 0 Å². The molecule has 0 aromatic heterocycles. The van der Waals surface area contributed by atoms with E-state index in [0.29, 0.717) is 18.8 Å². The van der Waals surface area contributed by atoms with E-state index in [9.17, 15) is 61.0 Å². The molecule has 9 rings (SSSR count). The predicted octanol–water partition coefficient (Wildman–Crippen LogP) is -1.41. The van der Waals surface area contributed by atoms with Gasteiger partial charge in [0.2, 0.25) is 0 Å². The van der Waals surface area contributed by atoms with Crippen molar-refractivity contribution < 1.29 is 98.9 Å². The summed E-state index contributed by atoms with van der Waals surface area (Å²) < 4.78 is 49.3. The monoisotopic (exact) mass is 975 g/mol. The summed E-state index contributed by atoms with van der Waals surface area (Å²) in [6, 6.07) is 0. The SMILES string of the molecule is CO[C@]12C[C@@]3(C)C4CCC5C(C)(C)[C@@H](O[C@@H]6O[C@H](CO)[C@@H](O)[C@H](O)[C@H]6O[C@@H]6O[C@H](CO)[C@@H](O)[C@H](O)[C@H]6O)CC[C@@]56C[C@@]46CC[C@]3(C)C1C(C)[C@H](CC(=O)C(C)O[C@@H]1O[C@H](CO)[C@@H](O)[C@@H](O)[C@H]1O)O2. The van der Waals surface area contributed by atoms with E-state index in [4.69, 9.17) is 37.9 Å². The second-order valence-electron chi connectivity index (χ2n) is 23.3. The summed E-state index contributed by atoms with van der Waals surface area (Å²) in [6.07, 6.45) is -17.5. The van der Waals surface area contributed by atoms with Gasteiger partial charge in [0.25, 0.3) is 0 Å². The zero-order chi connectivity index (χ0) is 49.4. The third kappa shape index (κ3) is 7.43. The van der Waals surface area contributed by atoms with Crippen LogP contribution in [0.15, 0.2) is 0 Å². The highest BCUT2D eigenvalue weighted by Crippen LogP contribution is 2.90. The quantitative estimate of drug-likeness (QED) is 0.0945. The van der Waals surface area contributed by atoms with Crippen molar-refractivity contribution in [2.45, 2.75) is 216 Å². The molecule has 0 aromatic rings. The van der Waals surface area contributed by atoms with Crippen LogP contribution in [0.1, 0.15) is 99.3 Å². The van der Waals surface area contributed by atoms with Crippen LogP contribution in [0.3, 0.4) is 0 Å². The molecule has 5 saturated carbocycles. The van der Waals surface area contributed by atoms with Crippen molar-refractivity contribution in [1.82, 2.24) is 0 Å². The Morgan fingerprint density at radius 1 is 0.618 bits per heavy atom. The number of aliphatic hydroxyl groups is 11. The van der Waals surface area contributed by atoms with Crippen molar-refractivity contribution in [3.63, 3.8) is 0 Å². The predicted molar refractivity (Wildman–Crippen MR) is 231 cm³/mol. The van der Waals surface area contributed by atoms with Crippen molar-refractivity contribution in [2.24, 2.45) is 50.7 Å². The molecule has 5 unspecified atom stereocenters. The van der Waals surface area contributed by atoms with E-state index in [0.717, 1.165) is 38.5 Å². The zero-order valence-corrected chi connectivity index (χ0v) is 40.3. The van der Waals surface area contributed by atoms with Gasteiger partial charge in [-0.1, -0.05) is 34.6 Å². The first-order valence-electron chi connectivity index (χ1n) is 24.9. The van der Waals surface area contributed by atoms with Crippen LogP contribution in [0.4, 0.5) is 0 Å². The first-order chi connectivity index (χ1) is 32.0. The zero-order valence-electron chi connectivity index (χ0n) is 40.3. The maximum Gasteiger partial charge on any atom is 0.187 e. The first-order valence-corrected chi connectivity index (χ1v) is 24.9. The average molecular weight is 975 g/mol. The van der Waals surface area contributed by atoms with Crippen molar-refractivity contribution in [3.8, 4) is 0 Å². The van der Waals surface area contributed by atoms with Gasteiger partial charge in [0.1, 0.15) is 79.4 Å². The minimum Gasteiger partial charge on any atom is -0.394 e. The minimum atomic E-state index is -1.77. The summed E-state index contributed by atoms with van der Waals surface area (Å²) in [5, 5.41) is 114. The second-order valence-corrected chi connectivity index (χ2v) is 23.3. The van der Waals surface area contributed by atoms with Crippen LogP contribution in [0.25, 0.3) is 0 Å². The topological polar surface area (TPSA) is 313 Å². The van der Waals surface area contributed by atoms with E-state index in [1.54, 1.807) is 14.0 Å². The van der Waals surface area contributed by atoms with Crippen LogP contribution in [-0.2, 0) is 42.7 Å². The molecule has 0 amide bonds. The number of hydrogen-bond donors (Lipinski definition) is 11. The molecule has 0 aromatic carbocycles. The van der Waals surface area contributed by atoms with Crippen LogP contribution < -0.4 is 0 Å². The van der Waals surface area contributed by atoms with Gasteiger partial charge in [-0.15, -0.1) is 0 Å². The Bertz CT molecular complexity index is 1840. The van der Waals surface area contributed by atoms with Crippen LogP contribution >= 0.6 is 0 Å². The fraction of sp³-hybridized carbons (Fsp3) is 0.979. The van der Waals surface area contributed by atoms with E-state index < -0.39 is 141 Å². The van der Waals surface area contributed by atoms with Crippen molar-refractivity contribution in [3.05, 3.63) is 0 Å². The van der Waals surface area contributed by atoms with Crippen molar-refractivity contribution in [1.29, 1.82) is 0 Å². The van der Waals surface area contributed by atoms with E-state index in [2.05, 4.69) is 34.6 Å². The Morgan fingerprint density at radius 2 is 1.16 bits per heavy atom. The highest BCUT2D eigenvalue weighted by molar-refractivity contribution is 5.83. The summed E-state index contributed by atoms with van der Waals surface area (Å²) >= 11 is 0. The largest absolute Gasteiger partial charge is 0.394 e. The Hall–Kier alpha value is -1.09. The molecule has 11 N–H and O–H groups in total. The Balaban J connectivity index is 0.892. The highest BCUT2D eigenvalue weighted by atomic mass is 16.8. The van der Waals surface area contributed by atoms with Gasteiger partial charge in [-0.25, -0.2) is 0 Å². The molecule has 390 valence electrons. The van der Waals surface area contributed by atoms with Crippen molar-refractivity contribution >= 4 is 5.78 Å². The molecule has 0 bridgehead atoms. The number of methoxy groups -OCH3 is 1. The number of rotatable bonds is 13. The van der Waals surface area contributed by atoms with Gasteiger partial charge < -0.3 is 94.1 Å². The van der Waals surface area contributed by atoms with Gasteiger partial charge in [-0.2, -0.15) is 0 Å². The number of ketones is 1. The van der Waals surface area contributed by atoms with Gasteiger partial charge in [-0.05, 0) is 96.7 Å². The molecule has 68 heavy (non-hydrogen) atoms. The minimum absolute atomic E-state index is 0.0138. The lowest BCUT2D eigenvalue weighted by Crippen LogP contribution is -2.65. The number of fused-ring (bicyclic) bond motifs is 4. The van der Waals surface area contributed by atoms with Gasteiger partial charge in [0.15, 0.2) is 30.4 Å². The lowest BCUT2D eigenvalue weighted by atomic mass is 9.41. The number of carbonyl (C=O) groups excluding carboxylic acids is 1. The summed E-state index contributed by atoms with van der Waals surface area (Å²) in [7, 11) is 1.70. The maximum absolute atomic E-state index is 13.8. The first kappa shape index (κ1) is 51.8. The van der Waals surface area contributed by atoms with Crippen LogP contribution in [0, 0.1) is 50.7 Å². The molecule has 20 heteroatoms. The summed E-state index contributed by atoms with van der Waals surface area (Å²) in [5.74, 6) is -0.654. The molecular weight excluding hydrogens is 897 g/mol. The molecule has 2 spiro atoms. The van der Waals surface area contributed by atoms with E-state index in [1.165, 1.54) is 0 Å². The Kier molecular flexibility index (Phi) is 13.8. The lowest BCUT2D eigenvalue weighted by Gasteiger charge is -2.63. The standard InChI is InChI=1S/C48H78O20/c1-20-23(14-22(52)21(2)62-40-36(59)33(56)30(53)24(15-49)63-40)68-48(61-7)18-45(6)28-9-8-27-43(3,4)29(10-11-46(27)19-47(28,46)13-12-44(45,5)39(20)48)66-42-38(35(58)32(55)26(17-51)65-42)67-41-37(60)34(57)31(54)25(16-50)64-41/h20-21,23-42,49-51,53-60H,8-19H2,1-7H3/t20?,21?,23-,24+,25+,26+,27?,28?,29-,30+,31+,32+,33+,34-,35-,36+,37+,38+,39?,40+,41-,42-,44+,45-,46+,47-,48-/m0/s1. The molecule has 9 aliphatic rings. The number of hydrogen-bond acceptors (Lipinski definition) is 20. The average Bonchev–Trinajstić information content (AvgIpc) is 3.83. The molecule has 27 atom stereocenters. The third-order valence-corrected chi connectivity index (χ3v) is 20.2. The lowest BCUT2D eigenvalue weighted by molar-refractivity contribution is -0.377. The number of Topliss-reactive ketones (excluding diaryl/α,β-unsaturated/α-hetero) is 1. The molecule has 20 nitrogen and oxygen atoms in total. The van der Waals surface area contributed by atoms with Gasteiger partial charge in [0.05, 0.1) is 32.0 Å². The summed E-state index contributed by atoms with van der Waals surface area (Å²) in [6.45, 7) is 11.0. The van der Waals surface area contributed by atoms with E-state index in [-0.39, 0.29) is 51.6 Å². The highest BCUT2D eigenvalue weighted by Gasteiger charge is 2.85. The third-order valence-electron chi connectivity index (χ3n) is 20.2. The van der Waals surface area contributed by atoms with E-state index >= 15 is 0 Å². The summed E-state index contributed by atoms with van der Waals surface area (Å²) in [5.41, 5.74) is -0.648. The fourth-order valence-corrected chi connectivity index (χ4v) is 16.5. The number of ether oxygens (including phenoxy) is 8. The number of aliphatic hydroxyl groups excluding tert-OH is 11. The van der Waals surface area contributed by atoms with Gasteiger partial charge >= 0.3 is 0 Å². The van der Waals surface area contributed by atoms with E-state index in [1.807, 2.05) is 0 Å². The molecule has 4 heterocycles. The molecule has 9 fully saturated rings. The molecule has 4 aliphatic heterocycles. The molecule has 4 saturated heterocycles. The van der Waals surface area contributed by atoms with Gasteiger partial charge in [0, 0.05) is 25.9 Å². The Morgan fingerprint density at radius 3 is 1.76 bits per heavy atom. The molecular formula is C48H78O20. The van der Waals surface area contributed by atoms with Gasteiger partial charge in [-0.3, -0.25) is 4.79 Å². The smallest absolute Gasteiger partial charge is 0.187 e. The fourth-order valence-electron chi connectivity index (χ4n) is 16.5. The van der Waals surface area contributed by atoms with Crippen LogP contribution in [0.2, 0.25) is 0 Å². The summed E-state index contributed by atoms with van der Waals surface area (Å²) in [4.78, 5) is 13.8.